The highest BCUT2D eigenvalue weighted by atomic mass is 16.3. The summed E-state index contributed by atoms with van der Waals surface area (Å²) >= 11 is 0. The fourth-order valence-corrected chi connectivity index (χ4v) is 2.59. The number of aliphatic hydroxyl groups excluding tert-OH is 1. The molecule has 0 bridgehead atoms. The molecular formula is C15H24N2O. The molecule has 2 unspecified atom stereocenters. The van der Waals surface area contributed by atoms with Gasteiger partial charge in [0.1, 0.15) is 0 Å². The quantitative estimate of drug-likeness (QED) is 0.876. The predicted molar refractivity (Wildman–Crippen MR) is 74.4 cm³/mol. The molecule has 1 saturated heterocycles. The average molecular weight is 248 g/mol. The molecule has 1 aromatic carbocycles. The van der Waals surface area contributed by atoms with E-state index in [0.29, 0.717) is 6.04 Å². The van der Waals surface area contributed by atoms with E-state index in [-0.39, 0.29) is 12.6 Å². The number of benzene rings is 1. The number of hydrogen-bond donors (Lipinski definition) is 1. The zero-order valence-corrected chi connectivity index (χ0v) is 11.4. The molecule has 1 N–H and O–H groups in total. The maximum Gasteiger partial charge on any atom is 0.0584 e. The lowest BCUT2D eigenvalue weighted by atomic mass is 10.1. The van der Waals surface area contributed by atoms with E-state index in [1.807, 2.05) is 0 Å². The van der Waals surface area contributed by atoms with Gasteiger partial charge in [-0.25, -0.2) is 0 Å². The monoisotopic (exact) mass is 248 g/mol. The van der Waals surface area contributed by atoms with Gasteiger partial charge >= 0.3 is 0 Å². The van der Waals surface area contributed by atoms with Gasteiger partial charge in [-0.2, -0.15) is 0 Å². The van der Waals surface area contributed by atoms with E-state index in [2.05, 4.69) is 54.0 Å². The van der Waals surface area contributed by atoms with E-state index >= 15 is 0 Å². The van der Waals surface area contributed by atoms with Gasteiger partial charge in [0.2, 0.25) is 0 Å². The first-order chi connectivity index (χ1) is 8.70. The van der Waals surface area contributed by atoms with Crippen LogP contribution in [-0.4, -0.2) is 53.2 Å². The van der Waals surface area contributed by atoms with Gasteiger partial charge in [0.05, 0.1) is 6.61 Å². The molecule has 1 aliphatic heterocycles. The number of rotatable bonds is 4. The highest BCUT2D eigenvalue weighted by molar-refractivity contribution is 5.14. The SMILES string of the molecule is CC1CN(C(C)CO)CCN1Cc1ccccc1. The molecule has 2 atom stereocenters. The summed E-state index contributed by atoms with van der Waals surface area (Å²) in [6.07, 6.45) is 0. The zero-order chi connectivity index (χ0) is 13.0. The van der Waals surface area contributed by atoms with Crippen molar-refractivity contribution in [1.29, 1.82) is 0 Å². The van der Waals surface area contributed by atoms with E-state index in [1.165, 1.54) is 5.56 Å². The number of piperazine rings is 1. The lowest BCUT2D eigenvalue weighted by Crippen LogP contribution is -2.54. The van der Waals surface area contributed by atoms with Gasteiger partial charge in [0.25, 0.3) is 0 Å². The largest absolute Gasteiger partial charge is 0.395 e. The van der Waals surface area contributed by atoms with Crippen LogP contribution in [0.4, 0.5) is 0 Å². The minimum absolute atomic E-state index is 0.255. The minimum Gasteiger partial charge on any atom is -0.395 e. The molecule has 0 amide bonds. The Labute approximate surface area is 110 Å². The summed E-state index contributed by atoms with van der Waals surface area (Å²) in [4.78, 5) is 4.90. The first-order valence-corrected chi connectivity index (χ1v) is 6.83. The molecular weight excluding hydrogens is 224 g/mol. The zero-order valence-electron chi connectivity index (χ0n) is 11.4. The fraction of sp³-hybridized carbons (Fsp3) is 0.600. The van der Waals surface area contributed by atoms with Crippen LogP contribution in [0.25, 0.3) is 0 Å². The van der Waals surface area contributed by atoms with Crippen LogP contribution >= 0.6 is 0 Å². The summed E-state index contributed by atoms with van der Waals surface area (Å²) in [7, 11) is 0. The van der Waals surface area contributed by atoms with Crippen LogP contribution in [0, 0.1) is 0 Å². The van der Waals surface area contributed by atoms with Gasteiger partial charge in [-0.3, -0.25) is 9.80 Å². The van der Waals surface area contributed by atoms with Crippen molar-refractivity contribution in [3.05, 3.63) is 35.9 Å². The highest BCUT2D eigenvalue weighted by Crippen LogP contribution is 2.15. The number of hydrogen-bond acceptors (Lipinski definition) is 3. The van der Waals surface area contributed by atoms with Crippen LogP contribution in [0.5, 0.6) is 0 Å². The van der Waals surface area contributed by atoms with Gasteiger partial charge in [-0.05, 0) is 19.4 Å². The van der Waals surface area contributed by atoms with Crippen molar-refractivity contribution < 1.29 is 5.11 Å². The molecule has 0 aliphatic carbocycles. The van der Waals surface area contributed by atoms with Gasteiger partial charge in [0, 0.05) is 38.3 Å². The van der Waals surface area contributed by atoms with E-state index < -0.39 is 0 Å². The Kier molecular flexibility index (Phi) is 4.75. The van der Waals surface area contributed by atoms with Gasteiger partial charge < -0.3 is 5.11 Å². The molecule has 0 radical (unpaired) electrons. The minimum atomic E-state index is 0.255. The van der Waals surface area contributed by atoms with Crippen LogP contribution in [0.1, 0.15) is 19.4 Å². The molecule has 100 valence electrons. The molecule has 1 aromatic rings. The van der Waals surface area contributed by atoms with Gasteiger partial charge in [-0.1, -0.05) is 30.3 Å². The van der Waals surface area contributed by atoms with E-state index in [4.69, 9.17) is 0 Å². The normalized spacial score (nSPS) is 24.1. The Morgan fingerprint density at radius 1 is 1.28 bits per heavy atom. The smallest absolute Gasteiger partial charge is 0.0584 e. The van der Waals surface area contributed by atoms with Gasteiger partial charge in [0.15, 0.2) is 0 Å². The van der Waals surface area contributed by atoms with Crippen molar-refractivity contribution in [3.8, 4) is 0 Å². The maximum atomic E-state index is 9.22. The standard InChI is InChI=1S/C15H24N2O/c1-13-10-16(14(2)12-18)8-9-17(13)11-15-6-4-3-5-7-15/h3-7,13-14,18H,8-12H2,1-2H3. The second-order valence-electron chi connectivity index (χ2n) is 5.33. The molecule has 1 heterocycles. The van der Waals surface area contributed by atoms with Crippen LogP contribution in [-0.2, 0) is 6.54 Å². The molecule has 0 saturated carbocycles. The Morgan fingerprint density at radius 3 is 2.61 bits per heavy atom. The lowest BCUT2D eigenvalue weighted by Gasteiger charge is -2.42. The molecule has 18 heavy (non-hydrogen) atoms. The second-order valence-corrected chi connectivity index (χ2v) is 5.33. The molecule has 2 rings (SSSR count). The predicted octanol–water partition coefficient (Wildman–Crippen LogP) is 1.57. The number of aliphatic hydroxyl groups is 1. The summed E-state index contributed by atoms with van der Waals surface area (Å²) in [5.74, 6) is 0. The molecule has 1 fully saturated rings. The van der Waals surface area contributed by atoms with Crippen molar-refractivity contribution >= 4 is 0 Å². The Balaban J connectivity index is 1.90. The van der Waals surface area contributed by atoms with Crippen molar-refractivity contribution in [2.45, 2.75) is 32.5 Å². The first kappa shape index (κ1) is 13.5. The maximum absolute atomic E-state index is 9.22. The average Bonchev–Trinajstić information content (AvgIpc) is 2.41. The van der Waals surface area contributed by atoms with Crippen molar-refractivity contribution in [1.82, 2.24) is 9.80 Å². The molecule has 0 spiro atoms. The van der Waals surface area contributed by atoms with Crippen molar-refractivity contribution in [2.75, 3.05) is 26.2 Å². The summed E-state index contributed by atoms with van der Waals surface area (Å²) in [5.41, 5.74) is 1.38. The molecule has 1 aliphatic rings. The third kappa shape index (κ3) is 3.31. The third-order valence-electron chi connectivity index (χ3n) is 3.91. The first-order valence-electron chi connectivity index (χ1n) is 6.83. The van der Waals surface area contributed by atoms with E-state index in [9.17, 15) is 5.11 Å². The Morgan fingerprint density at radius 2 is 2.00 bits per heavy atom. The van der Waals surface area contributed by atoms with Crippen LogP contribution < -0.4 is 0 Å². The lowest BCUT2D eigenvalue weighted by molar-refractivity contribution is 0.0370. The molecule has 3 nitrogen and oxygen atoms in total. The highest BCUT2D eigenvalue weighted by Gasteiger charge is 2.25. The summed E-state index contributed by atoms with van der Waals surface area (Å²) in [5, 5.41) is 9.22. The summed E-state index contributed by atoms with van der Waals surface area (Å²) < 4.78 is 0. The third-order valence-corrected chi connectivity index (χ3v) is 3.91. The fourth-order valence-electron chi connectivity index (χ4n) is 2.59. The Hall–Kier alpha value is -0.900. The van der Waals surface area contributed by atoms with E-state index in [1.54, 1.807) is 0 Å². The second kappa shape index (κ2) is 6.32. The molecule has 0 aromatic heterocycles. The van der Waals surface area contributed by atoms with Crippen LogP contribution in [0.3, 0.4) is 0 Å². The molecule has 3 heteroatoms. The summed E-state index contributed by atoms with van der Waals surface area (Å²) in [6, 6.07) is 11.5. The Bertz CT molecular complexity index is 355. The van der Waals surface area contributed by atoms with Crippen LogP contribution in [0.15, 0.2) is 30.3 Å². The van der Waals surface area contributed by atoms with E-state index in [0.717, 1.165) is 26.2 Å². The topological polar surface area (TPSA) is 26.7 Å². The summed E-state index contributed by atoms with van der Waals surface area (Å²) in [6.45, 7) is 8.85. The van der Waals surface area contributed by atoms with Crippen molar-refractivity contribution in [3.63, 3.8) is 0 Å². The van der Waals surface area contributed by atoms with Crippen LogP contribution in [0.2, 0.25) is 0 Å². The van der Waals surface area contributed by atoms with Gasteiger partial charge in [-0.15, -0.1) is 0 Å². The number of nitrogens with zero attached hydrogens (tertiary/aromatic N) is 2. The van der Waals surface area contributed by atoms with Crippen molar-refractivity contribution in [2.24, 2.45) is 0 Å².